The minimum absolute atomic E-state index is 0.112. The number of carboxylic acids is 1. The molecule has 0 radical (unpaired) electrons. The van der Waals surface area contributed by atoms with E-state index in [-0.39, 0.29) is 22.9 Å². The van der Waals surface area contributed by atoms with Gasteiger partial charge in [0.05, 0.1) is 10.6 Å². The van der Waals surface area contributed by atoms with Crippen LogP contribution in [0.2, 0.25) is 0 Å². The Kier molecular flexibility index (Phi) is 7.22. The number of ether oxygens (including phenoxy) is 1. The van der Waals surface area contributed by atoms with Gasteiger partial charge in [-0.25, -0.2) is 13.8 Å². The van der Waals surface area contributed by atoms with Crippen LogP contribution in [0.15, 0.2) is 72.8 Å². The minimum Gasteiger partial charge on any atom is -0.480 e. The number of hydrogen-bond acceptors (Lipinski definition) is 7. The largest absolute Gasteiger partial charge is 0.480 e. The van der Waals surface area contributed by atoms with Gasteiger partial charge in [-0.3, -0.25) is 4.79 Å². The molecule has 2 heterocycles. The molecule has 0 aliphatic carbocycles. The highest BCUT2D eigenvalue weighted by Crippen LogP contribution is 2.41. The smallest absolute Gasteiger partial charge is 0.345 e. The normalized spacial score (nSPS) is 13.8. The van der Waals surface area contributed by atoms with Crippen LogP contribution in [-0.4, -0.2) is 33.5 Å². The Morgan fingerprint density at radius 2 is 1.72 bits per heavy atom. The molecule has 36 heavy (non-hydrogen) atoms. The molecule has 0 saturated heterocycles. The van der Waals surface area contributed by atoms with Crippen LogP contribution in [0, 0.1) is 0 Å². The number of thiophene rings is 1. The highest BCUT2D eigenvalue weighted by atomic mass is 32.1. The summed E-state index contributed by atoms with van der Waals surface area (Å²) in [5.41, 5.74) is 13.4. The molecule has 0 aliphatic rings. The number of aromatic nitrogens is 2. The minimum atomic E-state index is -3.52. The summed E-state index contributed by atoms with van der Waals surface area (Å²) in [5, 5.41) is 8.96. The summed E-state index contributed by atoms with van der Waals surface area (Å²) in [6, 6.07) is 18.5. The molecular weight excluding hydrogens is 493 g/mol. The predicted molar refractivity (Wildman–Crippen MR) is 130 cm³/mol. The summed E-state index contributed by atoms with van der Waals surface area (Å²) in [5.74, 6) is -5.36. The van der Waals surface area contributed by atoms with E-state index in [1.807, 2.05) is 6.07 Å². The first-order valence-electron chi connectivity index (χ1n) is 10.7. The molecular formula is C25H21F3N4O3S. The van der Waals surface area contributed by atoms with Gasteiger partial charge in [-0.1, -0.05) is 54.6 Å². The summed E-state index contributed by atoms with van der Waals surface area (Å²) in [7, 11) is 0. The zero-order valence-corrected chi connectivity index (χ0v) is 19.5. The molecule has 1 unspecified atom stereocenters. The van der Waals surface area contributed by atoms with Crippen molar-refractivity contribution >= 4 is 23.3 Å². The standard InChI is InChI=1S/C25H21F3N4O3S/c26-23(27)25(28,20-11-10-19(36-20)16-4-2-1-3-5-16)35-21-13-18(31-24(30)32-21)15-8-6-14(7-9-15)12-17(29)22(33)34/h1-11,13,17,23H,12,29H2,(H,33,34)(H2,30,31,32)/t17-,25?/m0/s1. The number of carbonyl (C=O) groups is 1. The summed E-state index contributed by atoms with van der Waals surface area (Å²) < 4.78 is 48.7. The van der Waals surface area contributed by atoms with Gasteiger partial charge in [-0.2, -0.15) is 9.37 Å². The predicted octanol–water partition coefficient (Wildman–Crippen LogP) is 4.88. The van der Waals surface area contributed by atoms with E-state index in [9.17, 15) is 13.6 Å². The molecule has 0 bridgehead atoms. The molecule has 0 spiro atoms. The van der Waals surface area contributed by atoms with E-state index in [1.54, 1.807) is 54.6 Å². The lowest BCUT2D eigenvalue weighted by molar-refractivity contribution is -0.173. The second-order valence-corrected chi connectivity index (χ2v) is 8.96. The molecule has 0 fully saturated rings. The van der Waals surface area contributed by atoms with Crippen LogP contribution in [0.25, 0.3) is 21.7 Å². The number of aliphatic carboxylic acids is 1. The molecule has 4 rings (SSSR count). The van der Waals surface area contributed by atoms with Crippen LogP contribution in [0.1, 0.15) is 10.4 Å². The molecule has 2 atom stereocenters. The lowest BCUT2D eigenvalue weighted by Gasteiger charge is -2.24. The highest BCUT2D eigenvalue weighted by molar-refractivity contribution is 7.15. The third kappa shape index (κ3) is 5.47. The number of anilines is 1. The van der Waals surface area contributed by atoms with Gasteiger partial charge in [-0.15, -0.1) is 11.3 Å². The zero-order valence-electron chi connectivity index (χ0n) is 18.6. The highest BCUT2D eigenvalue weighted by Gasteiger charge is 2.47. The van der Waals surface area contributed by atoms with Gasteiger partial charge in [0, 0.05) is 16.5 Å². The number of nitrogen functional groups attached to an aromatic ring is 1. The van der Waals surface area contributed by atoms with Crippen LogP contribution in [-0.2, 0) is 17.1 Å². The Morgan fingerprint density at radius 1 is 1.03 bits per heavy atom. The number of benzene rings is 2. The Hall–Kier alpha value is -3.96. The van der Waals surface area contributed by atoms with E-state index >= 15 is 4.39 Å². The molecule has 5 N–H and O–H groups in total. The number of carboxylic acid groups (broad SMARTS) is 1. The first kappa shape index (κ1) is 25.1. The first-order chi connectivity index (χ1) is 17.2. The third-order valence-corrected chi connectivity index (χ3v) is 6.50. The Morgan fingerprint density at radius 3 is 2.36 bits per heavy atom. The van der Waals surface area contributed by atoms with Crippen LogP contribution < -0.4 is 16.2 Å². The van der Waals surface area contributed by atoms with Crippen molar-refractivity contribution in [3.8, 4) is 27.6 Å². The number of hydrogen-bond donors (Lipinski definition) is 3. The van der Waals surface area contributed by atoms with Crippen LogP contribution >= 0.6 is 11.3 Å². The maximum Gasteiger partial charge on any atom is 0.345 e. The monoisotopic (exact) mass is 514 g/mol. The molecule has 0 saturated carbocycles. The number of nitrogens with two attached hydrogens (primary N) is 2. The van der Waals surface area contributed by atoms with E-state index in [0.29, 0.717) is 16.0 Å². The number of halogens is 3. The number of rotatable bonds is 9. The van der Waals surface area contributed by atoms with Crippen molar-refractivity contribution in [2.24, 2.45) is 5.73 Å². The van der Waals surface area contributed by atoms with Crippen molar-refractivity contribution in [1.29, 1.82) is 0 Å². The van der Waals surface area contributed by atoms with Gasteiger partial charge in [0.2, 0.25) is 11.8 Å². The summed E-state index contributed by atoms with van der Waals surface area (Å²) >= 11 is 0.847. The SMILES string of the molecule is Nc1nc(OC(F)(c2ccc(-c3ccccc3)s2)C(F)F)cc(-c2ccc(C[C@H](N)C(=O)O)cc2)n1. The van der Waals surface area contributed by atoms with Crippen molar-refractivity contribution in [1.82, 2.24) is 9.97 Å². The van der Waals surface area contributed by atoms with E-state index in [0.717, 1.165) is 16.9 Å². The molecule has 0 aliphatic heterocycles. The second-order valence-electron chi connectivity index (χ2n) is 7.87. The van der Waals surface area contributed by atoms with Gasteiger partial charge < -0.3 is 21.3 Å². The van der Waals surface area contributed by atoms with Gasteiger partial charge in [0.15, 0.2) is 0 Å². The van der Waals surface area contributed by atoms with E-state index in [2.05, 4.69) is 9.97 Å². The summed E-state index contributed by atoms with van der Waals surface area (Å²) in [6.45, 7) is 0. The average molecular weight is 515 g/mol. The molecule has 11 heteroatoms. The van der Waals surface area contributed by atoms with Gasteiger partial charge in [0.25, 0.3) is 0 Å². The fourth-order valence-electron chi connectivity index (χ4n) is 3.43. The summed E-state index contributed by atoms with van der Waals surface area (Å²) in [4.78, 5) is 19.1. The Bertz CT molecular complexity index is 1350. The lowest BCUT2D eigenvalue weighted by Crippen LogP contribution is -2.35. The van der Waals surface area contributed by atoms with E-state index in [1.165, 1.54) is 12.1 Å². The Labute approximate surface area is 208 Å². The molecule has 7 nitrogen and oxygen atoms in total. The maximum absolute atomic E-state index is 15.6. The molecule has 2 aromatic heterocycles. The topological polar surface area (TPSA) is 124 Å². The lowest BCUT2D eigenvalue weighted by atomic mass is 10.0. The van der Waals surface area contributed by atoms with Crippen LogP contribution in [0.3, 0.4) is 0 Å². The quantitative estimate of drug-likeness (QED) is 0.291. The van der Waals surface area contributed by atoms with Crippen molar-refractivity contribution in [2.75, 3.05) is 5.73 Å². The number of nitrogens with zero attached hydrogens (tertiary/aromatic N) is 2. The van der Waals surface area contributed by atoms with Gasteiger partial charge in [0.1, 0.15) is 6.04 Å². The fourth-order valence-corrected chi connectivity index (χ4v) is 4.46. The molecule has 186 valence electrons. The van der Waals surface area contributed by atoms with Crippen molar-refractivity contribution in [2.45, 2.75) is 24.7 Å². The van der Waals surface area contributed by atoms with Crippen molar-refractivity contribution < 1.29 is 27.8 Å². The van der Waals surface area contributed by atoms with Crippen molar-refractivity contribution in [3.63, 3.8) is 0 Å². The Balaban J connectivity index is 1.61. The molecule has 4 aromatic rings. The van der Waals surface area contributed by atoms with Gasteiger partial charge >= 0.3 is 18.2 Å². The summed E-state index contributed by atoms with van der Waals surface area (Å²) in [6.07, 6.45) is -3.40. The second kappa shape index (κ2) is 10.3. The molecule has 2 aromatic carbocycles. The fraction of sp³-hybridized carbons (Fsp3) is 0.160. The van der Waals surface area contributed by atoms with Crippen LogP contribution in [0.5, 0.6) is 5.88 Å². The molecule has 0 amide bonds. The number of alkyl halides is 3. The van der Waals surface area contributed by atoms with Crippen LogP contribution in [0.4, 0.5) is 19.1 Å². The van der Waals surface area contributed by atoms with E-state index < -0.39 is 30.2 Å². The third-order valence-electron chi connectivity index (χ3n) is 5.28. The zero-order chi connectivity index (χ0) is 25.9. The first-order valence-corrected chi connectivity index (χ1v) is 11.5. The maximum atomic E-state index is 15.6. The van der Waals surface area contributed by atoms with Gasteiger partial charge in [-0.05, 0) is 29.7 Å². The average Bonchev–Trinajstić information content (AvgIpc) is 3.35. The van der Waals surface area contributed by atoms with E-state index in [4.69, 9.17) is 21.3 Å². The van der Waals surface area contributed by atoms with Crippen molar-refractivity contribution in [3.05, 3.63) is 83.2 Å².